The van der Waals surface area contributed by atoms with Crippen LogP contribution in [0.1, 0.15) is 11.1 Å². The van der Waals surface area contributed by atoms with Gasteiger partial charge in [0.1, 0.15) is 0 Å². The maximum Gasteiger partial charge on any atom is 0.255 e. The molecule has 0 aromatic heterocycles. The topological polar surface area (TPSA) is 108 Å². The number of rotatable bonds is 9. The molecule has 32 heavy (non-hydrogen) atoms. The number of carbonyl (C=O) groups is 1. The van der Waals surface area contributed by atoms with Gasteiger partial charge in [-0.2, -0.15) is 9.41 Å². The van der Waals surface area contributed by atoms with Crippen molar-refractivity contribution in [1.82, 2.24) is 9.73 Å². The minimum Gasteiger partial charge on any atom is -0.504 e. The number of hydrazone groups is 1. The highest BCUT2D eigenvalue weighted by Gasteiger charge is 2.26. The Kier molecular flexibility index (Phi) is 7.58. The quantitative estimate of drug-likeness (QED) is 0.383. The number of hydrogen-bond acceptors (Lipinski definition) is 6. The van der Waals surface area contributed by atoms with Crippen LogP contribution in [0.15, 0.2) is 88.9 Å². The number of benzene rings is 3. The van der Waals surface area contributed by atoms with E-state index in [4.69, 9.17) is 4.74 Å². The maximum atomic E-state index is 13.1. The highest BCUT2D eigenvalue weighted by Crippen LogP contribution is 2.25. The van der Waals surface area contributed by atoms with Gasteiger partial charge in [0.25, 0.3) is 5.91 Å². The molecule has 0 saturated heterocycles. The van der Waals surface area contributed by atoms with Crippen LogP contribution in [0.5, 0.6) is 11.5 Å². The van der Waals surface area contributed by atoms with Crippen molar-refractivity contribution < 1.29 is 23.1 Å². The summed E-state index contributed by atoms with van der Waals surface area (Å²) in [5.41, 5.74) is 3.68. The number of hydrogen-bond donors (Lipinski definition) is 2. The van der Waals surface area contributed by atoms with E-state index >= 15 is 0 Å². The Balaban J connectivity index is 1.74. The number of nitrogens with one attached hydrogen (secondary N) is 1. The predicted molar refractivity (Wildman–Crippen MR) is 121 cm³/mol. The molecule has 0 spiro atoms. The molecule has 3 aromatic carbocycles. The molecule has 0 aliphatic rings. The first-order valence-electron chi connectivity index (χ1n) is 9.68. The van der Waals surface area contributed by atoms with E-state index in [0.717, 1.165) is 9.87 Å². The standard InChI is InChI=1S/C23H23N3O5S/c1-31-22-14-19(12-13-21(22)27)15-24-25-23(28)17-26(16-18-8-4-2-5-9-18)32(29,30)20-10-6-3-7-11-20/h2-15,27H,16-17H2,1H3,(H,25,28)/b24-15-. The SMILES string of the molecule is COc1cc(/C=N\NC(=O)CN(Cc2ccccc2)S(=O)(=O)c2ccccc2)ccc1O. The van der Waals surface area contributed by atoms with Crippen LogP contribution < -0.4 is 10.2 Å². The third kappa shape index (κ3) is 5.93. The molecule has 0 saturated carbocycles. The number of carbonyl (C=O) groups excluding carboxylic acids is 1. The van der Waals surface area contributed by atoms with Gasteiger partial charge < -0.3 is 9.84 Å². The Morgan fingerprint density at radius 1 is 1.06 bits per heavy atom. The number of ether oxygens (including phenoxy) is 1. The number of aromatic hydroxyl groups is 1. The van der Waals surface area contributed by atoms with Crippen LogP contribution in [0.2, 0.25) is 0 Å². The molecule has 0 unspecified atom stereocenters. The van der Waals surface area contributed by atoms with Gasteiger partial charge in [0.05, 0.1) is 24.8 Å². The fourth-order valence-electron chi connectivity index (χ4n) is 2.90. The summed E-state index contributed by atoms with van der Waals surface area (Å²) in [5, 5.41) is 13.5. The average Bonchev–Trinajstić information content (AvgIpc) is 2.81. The molecule has 8 nitrogen and oxygen atoms in total. The molecule has 9 heteroatoms. The summed E-state index contributed by atoms with van der Waals surface area (Å²) >= 11 is 0. The molecule has 2 N–H and O–H groups in total. The van der Waals surface area contributed by atoms with E-state index in [9.17, 15) is 18.3 Å². The first-order valence-corrected chi connectivity index (χ1v) is 11.1. The van der Waals surface area contributed by atoms with Crippen molar-refractivity contribution in [3.05, 3.63) is 90.0 Å². The summed E-state index contributed by atoms with van der Waals surface area (Å²) in [6, 6.07) is 21.6. The summed E-state index contributed by atoms with van der Waals surface area (Å²) in [6.07, 6.45) is 1.37. The molecule has 0 fully saturated rings. The molecule has 0 bridgehead atoms. The normalized spacial score (nSPS) is 11.6. The number of amides is 1. The van der Waals surface area contributed by atoms with Crippen LogP contribution in [-0.4, -0.2) is 43.6 Å². The summed E-state index contributed by atoms with van der Waals surface area (Å²) in [4.78, 5) is 12.6. The third-order valence-electron chi connectivity index (χ3n) is 4.51. The van der Waals surface area contributed by atoms with Crippen molar-refractivity contribution in [2.45, 2.75) is 11.4 Å². The molecule has 166 valence electrons. The van der Waals surface area contributed by atoms with Crippen LogP contribution in [0.4, 0.5) is 0 Å². The van der Waals surface area contributed by atoms with E-state index in [2.05, 4.69) is 10.5 Å². The van der Waals surface area contributed by atoms with Crippen LogP contribution in [0.25, 0.3) is 0 Å². The highest BCUT2D eigenvalue weighted by molar-refractivity contribution is 7.89. The van der Waals surface area contributed by atoms with Crippen LogP contribution in [-0.2, 0) is 21.4 Å². The van der Waals surface area contributed by atoms with E-state index in [1.54, 1.807) is 54.6 Å². The van der Waals surface area contributed by atoms with Crippen molar-refractivity contribution in [2.24, 2.45) is 5.10 Å². The van der Waals surface area contributed by atoms with E-state index in [-0.39, 0.29) is 22.9 Å². The highest BCUT2D eigenvalue weighted by atomic mass is 32.2. The van der Waals surface area contributed by atoms with Crippen molar-refractivity contribution in [2.75, 3.05) is 13.7 Å². The lowest BCUT2D eigenvalue weighted by molar-refractivity contribution is -0.121. The number of phenols is 1. The zero-order chi connectivity index (χ0) is 23.0. The Morgan fingerprint density at radius 3 is 2.38 bits per heavy atom. The fourth-order valence-corrected chi connectivity index (χ4v) is 4.31. The molecular formula is C23H23N3O5S. The van der Waals surface area contributed by atoms with Crippen LogP contribution in [0.3, 0.4) is 0 Å². The van der Waals surface area contributed by atoms with Gasteiger partial charge in [-0.05, 0) is 41.5 Å². The lowest BCUT2D eigenvalue weighted by Crippen LogP contribution is -2.39. The molecule has 0 radical (unpaired) electrons. The van der Waals surface area contributed by atoms with Crippen LogP contribution >= 0.6 is 0 Å². The van der Waals surface area contributed by atoms with Crippen molar-refractivity contribution in [3.8, 4) is 11.5 Å². The van der Waals surface area contributed by atoms with E-state index in [0.29, 0.717) is 5.56 Å². The molecule has 0 heterocycles. The van der Waals surface area contributed by atoms with Crippen molar-refractivity contribution in [3.63, 3.8) is 0 Å². The molecule has 1 amide bonds. The fraction of sp³-hybridized carbons (Fsp3) is 0.130. The van der Waals surface area contributed by atoms with Gasteiger partial charge in [0, 0.05) is 6.54 Å². The van der Waals surface area contributed by atoms with E-state index in [1.807, 2.05) is 6.07 Å². The minimum absolute atomic E-state index is 0.0173. The maximum absolute atomic E-state index is 13.1. The minimum atomic E-state index is -3.91. The summed E-state index contributed by atoms with van der Waals surface area (Å²) in [7, 11) is -2.49. The van der Waals surface area contributed by atoms with Gasteiger partial charge in [-0.3, -0.25) is 4.79 Å². The first kappa shape index (κ1) is 23.0. The Bertz CT molecular complexity index is 1180. The van der Waals surface area contributed by atoms with E-state index < -0.39 is 22.5 Å². The van der Waals surface area contributed by atoms with Crippen LogP contribution in [0, 0.1) is 0 Å². The largest absolute Gasteiger partial charge is 0.504 e. The second-order valence-electron chi connectivity index (χ2n) is 6.80. The summed E-state index contributed by atoms with van der Waals surface area (Å²) in [5.74, 6) is -0.345. The Hall–Kier alpha value is -3.69. The molecule has 3 aromatic rings. The van der Waals surface area contributed by atoms with Gasteiger partial charge in [-0.25, -0.2) is 13.8 Å². The van der Waals surface area contributed by atoms with Gasteiger partial charge in [-0.15, -0.1) is 0 Å². The monoisotopic (exact) mass is 453 g/mol. The zero-order valence-corrected chi connectivity index (χ0v) is 18.2. The molecule has 0 atom stereocenters. The molecular weight excluding hydrogens is 430 g/mol. The number of nitrogens with zero attached hydrogens (tertiary/aromatic N) is 2. The summed E-state index contributed by atoms with van der Waals surface area (Å²) in [6.45, 7) is -0.382. The van der Waals surface area contributed by atoms with Crippen molar-refractivity contribution >= 4 is 22.1 Å². The second kappa shape index (κ2) is 10.6. The number of phenolic OH excluding ortho intramolecular Hbond substituents is 1. The predicted octanol–water partition coefficient (Wildman–Crippen LogP) is 2.74. The van der Waals surface area contributed by atoms with Gasteiger partial charge in [-0.1, -0.05) is 48.5 Å². The lowest BCUT2D eigenvalue weighted by Gasteiger charge is -2.21. The molecule has 0 aliphatic carbocycles. The van der Waals surface area contributed by atoms with E-state index in [1.165, 1.54) is 31.5 Å². The second-order valence-corrected chi connectivity index (χ2v) is 8.73. The third-order valence-corrected chi connectivity index (χ3v) is 6.32. The summed E-state index contributed by atoms with van der Waals surface area (Å²) < 4.78 is 32.4. The van der Waals surface area contributed by atoms with Crippen molar-refractivity contribution in [1.29, 1.82) is 0 Å². The van der Waals surface area contributed by atoms with Gasteiger partial charge >= 0.3 is 0 Å². The molecule has 3 rings (SSSR count). The lowest BCUT2D eigenvalue weighted by atomic mass is 10.2. The number of methoxy groups -OCH3 is 1. The average molecular weight is 454 g/mol. The molecule has 0 aliphatic heterocycles. The first-order chi connectivity index (χ1) is 15.4. The Morgan fingerprint density at radius 2 is 1.72 bits per heavy atom. The zero-order valence-electron chi connectivity index (χ0n) is 17.4. The smallest absolute Gasteiger partial charge is 0.255 e. The number of sulfonamides is 1. The van der Waals surface area contributed by atoms with Gasteiger partial charge in [0.15, 0.2) is 11.5 Å². The van der Waals surface area contributed by atoms with Gasteiger partial charge in [0.2, 0.25) is 10.0 Å². The Labute approximate surface area is 186 Å².